The van der Waals surface area contributed by atoms with Crippen molar-refractivity contribution >= 4 is 17.3 Å². The first kappa shape index (κ1) is 8.14. The number of aromatic nitrogens is 1. The maximum absolute atomic E-state index is 5.69. The standard InChI is InChI=1S/C7H9ClN2O/c1-9-6-3-5(8)4-10-7(6)11-2/h3-4,9H,1-2H3. The number of nitrogens with zero attached hydrogens (tertiary/aromatic N) is 1. The molecule has 0 bridgehead atoms. The Labute approximate surface area is 70.3 Å². The molecule has 4 heteroatoms. The smallest absolute Gasteiger partial charge is 0.237 e. The largest absolute Gasteiger partial charge is 0.480 e. The molecule has 1 aromatic rings. The molecule has 11 heavy (non-hydrogen) atoms. The Bertz CT molecular complexity index is 252. The van der Waals surface area contributed by atoms with Gasteiger partial charge in [-0.15, -0.1) is 0 Å². The van der Waals surface area contributed by atoms with Gasteiger partial charge in [0.1, 0.15) is 0 Å². The minimum Gasteiger partial charge on any atom is -0.480 e. The Morgan fingerprint density at radius 3 is 2.91 bits per heavy atom. The predicted octanol–water partition coefficient (Wildman–Crippen LogP) is 1.79. The number of pyridine rings is 1. The number of methoxy groups -OCH3 is 1. The van der Waals surface area contributed by atoms with E-state index in [0.29, 0.717) is 10.9 Å². The first-order chi connectivity index (χ1) is 5.27. The first-order valence-corrected chi connectivity index (χ1v) is 3.53. The van der Waals surface area contributed by atoms with E-state index in [1.54, 1.807) is 26.4 Å². The summed E-state index contributed by atoms with van der Waals surface area (Å²) >= 11 is 5.69. The van der Waals surface area contributed by atoms with Gasteiger partial charge in [-0.3, -0.25) is 0 Å². The second kappa shape index (κ2) is 3.44. The Balaban J connectivity index is 3.06. The van der Waals surface area contributed by atoms with Crippen LogP contribution in [-0.2, 0) is 0 Å². The van der Waals surface area contributed by atoms with Gasteiger partial charge in [0.25, 0.3) is 0 Å². The molecular weight excluding hydrogens is 164 g/mol. The lowest BCUT2D eigenvalue weighted by molar-refractivity contribution is 0.400. The molecule has 0 aliphatic rings. The topological polar surface area (TPSA) is 34.2 Å². The van der Waals surface area contributed by atoms with Crippen LogP contribution in [0.3, 0.4) is 0 Å². The average molecular weight is 173 g/mol. The van der Waals surface area contributed by atoms with Gasteiger partial charge in [0.15, 0.2) is 0 Å². The zero-order valence-electron chi connectivity index (χ0n) is 6.39. The molecule has 0 saturated heterocycles. The van der Waals surface area contributed by atoms with Gasteiger partial charge in [-0.25, -0.2) is 4.98 Å². The molecule has 0 aliphatic carbocycles. The van der Waals surface area contributed by atoms with Crippen molar-refractivity contribution < 1.29 is 4.74 Å². The monoisotopic (exact) mass is 172 g/mol. The molecule has 0 fully saturated rings. The highest BCUT2D eigenvalue weighted by Gasteiger charge is 2.01. The van der Waals surface area contributed by atoms with Crippen LogP contribution in [0.4, 0.5) is 5.69 Å². The van der Waals surface area contributed by atoms with Crippen molar-refractivity contribution in [3.8, 4) is 5.88 Å². The summed E-state index contributed by atoms with van der Waals surface area (Å²) in [5, 5.41) is 3.51. The molecule has 1 N–H and O–H groups in total. The molecule has 0 saturated carbocycles. The van der Waals surface area contributed by atoms with Crippen LogP contribution >= 0.6 is 11.6 Å². The first-order valence-electron chi connectivity index (χ1n) is 3.15. The van der Waals surface area contributed by atoms with Gasteiger partial charge in [-0.2, -0.15) is 0 Å². The maximum atomic E-state index is 5.69. The molecule has 1 rings (SSSR count). The average Bonchev–Trinajstić information content (AvgIpc) is 2.04. The molecule has 3 nitrogen and oxygen atoms in total. The molecule has 0 unspecified atom stereocenters. The van der Waals surface area contributed by atoms with Crippen LogP contribution in [0, 0.1) is 0 Å². The summed E-state index contributed by atoms with van der Waals surface area (Å²) in [5.41, 5.74) is 0.792. The third-order valence-electron chi connectivity index (χ3n) is 1.28. The SMILES string of the molecule is CNc1cc(Cl)cnc1OC. The van der Waals surface area contributed by atoms with Crippen molar-refractivity contribution in [1.82, 2.24) is 4.98 Å². The van der Waals surface area contributed by atoms with Crippen molar-refractivity contribution in [2.45, 2.75) is 0 Å². The predicted molar refractivity (Wildman–Crippen MR) is 45.3 cm³/mol. The van der Waals surface area contributed by atoms with Crippen molar-refractivity contribution in [2.24, 2.45) is 0 Å². The summed E-state index contributed by atoms with van der Waals surface area (Å²) in [4.78, 5) is 3.95. The van der Waals surface area contributed by atoms with Gasteiger partial charge < -0.3 is 10.1 Å². The molecule has 0 aromatic carbocycles. The zero-order chi connectivity index (χ0) is 8.27. The summed E-state index contributed by atoms with van der Waals surface area (Å²) in [5.74, 6) is 0.553. The molecule has 0 aliphatic heterocycles. The highest BCUT2D eigenvalue weighted by molar-refractivity contribution is 6.30. The van der Waals surface area contributed by atoms with Crippen LogP contribution in [0.5, 0.6) is 5.88 Å². The third kappa shape index (κ3) is 1.74. The van der Waals surface area contributed by atoms with Crippen LogP contribution in [0.15, 0.2) is 12.3 Å². The Morgan fingerprint density at radius 2 is 2.36 bits per heavy atom. The van der Waals surface area contributed by atoms with Crippen molar-refractivity contribution in [3.63, 3.8) is 0 Å². The fourth-order valence-corrected chi connectivity index (χ4v) is 0.926. The highest BCUT2D eigenvalue weighted by Crippen LogP contribution is 2.23. The summed E-state index contributed by atoms with van der Waals surface area (Å²) in [6, 6.07) is 1.76. The second-order valence-electron chi connectivity index (χ2n) is 1.96. The van der Waals surface area contributed by atoms with Crippen LogP contribution in [-0.4, -0.2) is 19.1 Å². The van der Waals surface area contributed by atoms with Gasteiger partial charge in [0.2, 0.25) is 5.88 Å². The Kier molecular flexibility index (Phi) is 2.54. The van der Waals surface area contributed by atoms with E-state index in [1.807, 2.05) is 0 Å². The number of hydrogen-bond acceptors (Lipinski definition) is 3. The van der Waals surface area contributed by atoms with Gasteiger partial charge in [-0.1, -0.05) is 11.6 Å². The Morgan fingerprint density at radius 1 is 1.64 bits per heavy atom. The number of halogens is 1. The van der Waals surface area contributed by atoms with Crippen LogP contribution in [0.25, 0.3) is 0 Å². The summed E-state index contributed by atoms with van der Waals surface area (Å²) in [7, 11) is 3.35. The fourth-order valence-electron chi connectivity index (χ4n) is 0.768. The van der Waals surface area contributed by atoms with Crippen LogP contribution < -0.4 is 10.1 Å². The number of ether oxygens (including phenoxy) is 1. The van der Waals surface area contributed by atoms with E-state index in [9.17, 15) is 0 Å². The maximum Gasteiger partial charge on any atom is 0.237 e. The van der Waals surface area contributed by atoms with Crippen molar-refractivity contribution in [1.29, 1.82) is 0 Å². The number of rotatable bonds is 2. The highest BCUT2D eigenvalue weighted by atomic mass is 35.5. The van der Waals surface area contributed by atoms with E-state index in [2.05, 4.69) is 10.3 Å². The van der Waals surface area contributed by atoms with E-state index >= 15 is 0 Å². The molecule has 1 aromatic heterocycles. The normalized spacial score (nSPS) is 9.36. The molecular formula is C7H9ClN2O. The molecule has 0 amide bonds. The third-order valence-corrected chi connectivity index (χ3v) is 1.49. The van der Waals surface area contributed by atoms with Gasteiger partial charge >= 0.3 is 0 Å². The lowest BCUT2D eigenvalue weighted by Gasteiger charge is -2.05. The quantitative estimate of drug-likeness (QED) is 0.739. The molecule has 0 radical (unpaired) electrons. The second-order valence-corrected chi connectivity index (χ2v) is 2.40. The van der Waals surface area contributed by atoms with Crippen molar-refractivity contribution in [2.75, 3.05) is 19.5 Å². The van der Waals surface area contributed by atoms with E-state index in [0.717, 1.165) is 5.69 Å². The van der Waals surface area contributed by atoms with E-state index in [4.69, 9.17) is 16.3 Å². The number of hydrogen-bond donors (Lipinski definition) is 1. The molecule has 60 valence electrons. The van der Waals surface area contributed by atoms with Gasteiger partial charge in [0, 0.05) is 13.2 Å². The lowest BCUT2D eigenvalue weighted by Crippen LogP contribution is -1.95. The van der Waals surface area contributed by atoms with Crippen LogP contribution in [0.1, 0.15) is 0 Å². The van der Waals surface area contributed by atoms with E-state index < -0.39 is 0 Å². The summed E-state index contributed by atoms with van der Waals surface area (Å²) in [6.45, 7) is 0. The fraction of sp³-hybridized carbons (Fsp3) is 0.286. The van der Waals surface area contributed by atoms with Gasteiger partial charge in [-0.05, 0) is 6.07 Å². The number of nitrogens with one attached hydrogen (secondary N) is 1. The molecule has 1 heterocycles. The minimum absolute atomic E-state index is 0.553. The van der Waals surface area contributed by atoms with E-state index in [1.165, 1.54) is 0 Å². The number of anilines is 1. The van der Waals surface area contributed by atoms with Crippen molar-refractivity contribution in [3.05, 3.63) is 17.3 Å². The summed E-state index contributed by atoms with van der Waals surface area (Å²) < 4.78 is 4.96. The summed E-state index contributed by atoms with van der Waals surface area (Å²) in [6.07, 6.45) is 1.54. The van der Waals surface area contributed by atoms with Crippen LogP contribution in [0.2, 0.25) is 5.02 Å². The zero-order valence-corrected chi connectivity index (χ0v) is 7.14. The molecule has 0 spiro atoms. The molecule has 0 atom stereocenters. The minimum atomic E-state index is 0.553. The van der Waals surface area contributed by atoms with Gasteiger partial charge in [0.05, 0.1) is 17.8 Å². The lowest BCUT2D eigenvalue weighted by atomic mass is 10.4. The van der Waals surface area contributed by atoms with E-state index in [-0.39, 0.29) is 0 Å². The Hall–Kier alpha value is -0.960.